The highest BCUT2D eigenvalue weighted by molar-refractivity contribution is 5.67. The first kappa shape index (κ1) is 16.7. The van der Waals surface area contributed by atoms with Crippen molar-refractivity contribution >= 4 is 6.09 Å². The summed E-state index contributed by atoms with van der Waals surface area (Å²) in [6.07, 6.45) is -2.90. The summed E-state index contributed by atoms with van der Waals surface area (Å²) in [4.78, 5) is 11.7. The van der Waals surface area contributed by atoms with Gasteiger partial charge in [0.05, 0.1) is 12.6 Å². The number of alkyl halides is 2. The van der Waals surface area contributed by atoms with Crippen LogP contribution in [0.4, 0.5) is 13.6 Å². The molecule has 0 aromatic heterocycles. The van der Waals surface area contributed by atoms with Crippen molar-refractivity contribution in [2.45, 2.75) is 44.3 Å². The molecule has 2 N–H and O–H groups in total. The van der Waals surface area contributed by atoms with Crippen molar-refractivity contribution in [3.63, 3.8) is 0 Å². The van der Waals surface area contributed by atoms with Crippen molar-refractivity contribution in [3.05, 3.63) is 35.9 Å². The summed E-state index contributed by atoms with van der Waals surface area (Å²) in [5, 5.41) is 11.8. The first-order chi connectivity index (χ1) is 10.6. The molecule has 0 saturated heterocycles. The highest BCUT2D eigenvalue weighted by atomic mass is 19.2. The highest BCUT2D eigenvalue weighted by Gasteiger charge is 2.35. The Hall–Kier alpha value is -1.69. The molecule has 0 spiro atoms. The molecule has 22 heavy (non-hydrogen) atoms. The van der Waals surface area contributed by atoms with Gasteiger partial charge in [-0.2, -0.15) is 0 Å². The van der Waals surface area contributed by atoms with Crippen LogP contribution in [0.25, 0.3) is 0 Å². The van der Waals surface area contributed by atoms with Gasteiger partial charge in [-0.1, -0.05) is 30.3 Å². The predicted octanol–water partition coefficient (Wildman–Crippen LogP) is 2.75. The van der Waals surface area contributed by atoms with Crippen molar-refractivity contribution in [2.24, 2.45) is 5.92 Å². The average Bonchev–Trinajstić information content (AvgIpc) is 2.83. The summed E-state index contributed by atoms with van der Waals surface area (Å²) in [7, 11) is 0. The molecule has 4 atom stereocenters. The van der Waals surface area contributed by atoms with Crippen molar-refractivity contribution in [1.82, 2.24) is 5.32 Å². The van der Waals surface area contributed by atoms with Crippen molar-refractivity contribution in [3.8, 4) is 0 Å². The molecule has 1 aliphatic rings. The predicted molar refractivity (Wildman–Crippen MR) is 77.8 cm³/mol. The van der Waals surface area contributed by atoms with Crippen LogP contribution in [0.5, 0.6) is 0 Å². The van der Waals surface area contributed by atoms with Gasteiger partial charge in [0.15, 0.2) is 0 Å². The van der Waals surface area contributed by atoms with E-state index in [2.05, 4.69) is 5.32 Å². The van der Waals surface area contributed by atoms with Gasteiger partial charge in [0.25, 0.3) is 0 Å². The summed E-state index contributed by atoms with van der Waals surface area (Å²) >= 11 is 0. The molecule has 6 heteroatoms. The van der Waals surface area contributed by atoms with Crippen molar-refractivity contribution in [2.75, 3.05) is 6.61 Å². The van der Waals surface area contributed by atoms with Gasteiger partial charge in [-0.25, -0.2) is 13.6 Å². The lowest BCUT2D eigenvalue weighted by atomic mass is 9.99. The summed E-state index contributed by atoms with van der Waals surface area (Å²) in [6, 6.07) is 8.66. The van der Waals surface area contributed by atoms with E-state index < -0.39 is 24.5 Å². The van der Waals surface area contributed by atoms with Crippen LogP contribution >= 0.6 is 0 Å². The number of carbonyl (C=O) groups is 1. The molecular weight excluding hydrogens is 292 g/mol. The molecule has 1 aromatic carbocycles. The van der Waals surface area contributed by atoms with E-state index in [1.54, 1.807) is 0 Å². The van der Waals surface area contributed by atoms with Crippen molar-refractivity contribution in [1.29, 1.82) is 0 Å². The van der Waals surface area contributed by atoms with Crippen LogP contribution in [0.2, 0.25) is 0 Å². The summed E-state index contributed by atoms with van der Waals surface area (Å²) < 4.78 is 31.3. The second kappa shape index (κ2) is 8.08. The number of alkyl carbamates (subject to hydrolysis) is 1. The number of hydrogen-bond donors (Lipinski definition) is 2. The molecular formula is C16H21F2NO3. The van der Waals surface area contributed by atoms with Crippen LogP contribution in [0.1, 0.15) is 24.8 Å². The summed E-state index contributed by atoms with van der Waals surface area (Å²) in [6.45, 7) is -0.155. The van der Waals surface area contributed by atoms with Gasteiger partial charge in [0, 0.05) is 0 Å². The summed E-state index contributed by atoms with van der Waals surface area (Å²) in [5.41, 5.74) is 0.856. The molecule has 1 saturated carbocycles. The van der Waals surface area contributed by atoms with E-state index in [4.69, 9.17) is 4.74 Å². The minimum absolute atomic E-state index is 0.132. The fraction of sp³-hybridized carbons (Fsp3) is 0.562. The Morgan fingerprint density at radius 2 is 1.91 bits per heavy atom. The first-order valence-corrected chi connectivity index (χ1v) is 7.44. The fourth-order valence-corrected chi connectivity index (χ4v) is 2.73. The van der Waals surface area contributed by atoms with E-state index in [1.807, 2.05) is 30.3 Å². The van der Waals surface area contributed by atoms with Gasteiger partial charge in [0.2, 0.25) is 0 Å². The number of amides is 1. The van der Waals surface area contributed by atoms with Gasteiger partial charge < -0.3 is 15.2 Å². The maximum atomic E-state index is 13.1. The molecule has 1 amide bonds. The zero-order valence-electron chi connectivity index (χ0n) is 12.3. The fourth-order valence-electron chi connectivity index (χ4n) is 2.73. The van der Waals surface area contributed by atoms with E-state index in [0.717, 1.165) is 5.56 Å². The monoisotopic (exact) mass is 313 g/mol. The van der Waals surface area contributed by atoms with Crippen LogP contribution in [-0.2, 0) is 11.3 Å². The molecule has 0 aliphatic heterocycles. The number of benzene rings is 1. The highest BCUT2D eigenvalue weighted by Crippen LogP contribution is 2.33. The molecule has 122 valence electrons. The molecule has 1 unspecified atom stereocenters. The Labute approximate surface area is 128 Å². The van der Waals surface area contributed by atoms with Crippen LogP contribution in [0, 0.1) is 5.92 Å². The van der Waals surface area contributed by atoms with E-state index in [9.17, 15) is 18.7 Å². The van der Waals surface area contributed by atoms with E-state index >= 15 is 0 Å². The number of aliphatic hydroxyl groups is 1. The van der Waals surface area contributed by atoms with Crippen LogP contribution < -0.4 is 5.32 Å². The van der Waals surface area contributed by atoms with Crippen LogP contribution in [0.3, 0.4) is 0 Å². The molecule has 1 fully saturated rings. The number of halogens is 2. The van der Waals surface area contributed by atoms with E-state index in [1.165, 1.54) is 0 Å². The number of ether oxygens (including phenoxy) is 1. The Bertz CT molecular complexity index is 462. The third-order valence-corrected chi connectivity index (χ3v) is 3.88. The second-order valence-corrected chi connectivity index (χ2v) is 5.69. The number of nitrogens with one attached hydrogen (secondary N) is 1. The Balaban J connectivity index is 1.74. The SMILES string of the molecule is O=C(N[C@H](CO)CC1C[C@@H](F)[C@@H](F)C1)OCc1ccccc1. The average molecular weight is 313 g/mol. The molecule has 1 aromatic rings. The lowest BCUT2D eigenvalue weighted by Crippen LogP contribution is -2.39. The topological polar surface area (TPSA) is 58.6 Å². The zero-order valence-corrected chi connectivity index (χ0v) is 12.3. The molecule has 0 bridgehead atoms. The molecule has 2 rings (SSSR count). The third kappa shape index (κ3) is 4.94. The maximum absolute atomic E-state index is 13.1. The molecule has 4 nitrogen and oxygen atoms in total. The van der Waals surface area contributed by atoms with Gasteiger partial charge in [-0.05, 0) is 30.7 Å². The van der Waals surface area contributed by atoms with Crippen LogP contribution in [0.15, 0.2) is 30.3 Å². The zero-order chi connectivity index (χ0) is 15.9. The molecule has 0 radical (unpaired) electrons. The lowest BCUT2D eigenvalue weighted by Gasteiger charge is -2.19. The quantitative estimate of drug-likeness (QED) is 0.849. The van der Waals surface area contributed by atoms with E-state index in [-0.39, 0.29) is 32.0 Å². The van der Waals surface area contributed by atoms with Crippen molar-refractivity contribution < 1.29 is 23.4 Å². The van der Waals surface area contributed by atoms with Gasteiger partial charge in [-0.15, -0.1) is 0 Å². The third-order valence-electron chi connectivity index (χ3n) is 3.88. The standard InChI is InChI=1S/C16H21F2NO3/c17-14-7-12(8-15(14)18)6-13(9-20)19-16(21)22-10-11-4-2-1-3-5-11/h1-5,12-15,20H,6-10H2,(H,19,21)/t12?,13-,14-,15+/m0/s1. The summed E-state index contributed by atoms with van der Waals surface area (Å²) in [5.74, 6) is -0.170. The van der Waals surface area contributed by atoms with E-state index in [0.29, 0.717) is 6.42 Å². The molecule has 1 aliphatic carbocycles. The number of carbonyl (C=O) groups excluding carboxylic acids is 1. The Morgan fingerprint density at radius 1 is 1.27 bits per heavy atom. The number of rotatable bonds is 6. The molecule has 0 heterocycles. The van der Waals surface area contributed by atoms with Gasteiger partial charge in [0.1, 0.15) is 19.0 Å². The van der Waals surface area contributed by atoms with Gasteiger partial charge >= 0.3 is 6.09 Å². The minimum Gasteiger partial charge on any atom is -0.445 e. The van der Waals surface area contributed by atoms with Gasteiger partial charge in [-0.3, -0.25) is 0 Å². The second-order valence-electron chi connectivity index (χ2n) is 5.69. The maximum Gasteiger partial charge on any atom is 0.407 e. The van der Waals surface area contributed by atoms with Crippen LogP contribution in [-0.4, -0.2) is 36.2 Å². The normalized spacial score (nSPS) is 25.7. The Kier molecular flexibility index (Phi) is 6.12. The first-order valence-electron chi connectivity index (χ1n) is 7.44. The largest absolute Gasteiger partial charge is 0.445 e. The minimum atomic E-state index is -1.44. The smallest absolute Gasteiger partial charge is 0.407 e. The number of hydrogen-bond acceptors (Lipinski definition) is 3. The number of aliphatic hydroxyl groups excluding tert-OH is 1. The lowest BCUT2D eigenvalue weighted by molar-refractivity contribution is 0.125. The Morgan fingerprint density at radius 3 is 2.50 bits per heavy atom.